The number of nitrogens with zero attached hydrogens (tertiary/aromatic N) is 5. The molecule has 0 amide bonds. The zero-order valence-corrected chi connectivity index (χ0v) is 10.2. The summed E-state index contributed by atoms with van der Waals surface area (Å²) in [5.41, 5.74) is 0.752. The minimum Gasteiger partial charge on any atom is -0.259 e. The van der Waals surface area contributed by atoms with Gasteiger partial charge in [0.15, 0.2) is 5.65 Å². The molecule has 0 saturated heterocycles. The van der Waals surface area contributed by atoms with E-state index in [2.05, 4.69) is 10.1 Å². The summed E-state index contributed by atoms with van der Waals surface area (Å²) in [4.78, 5) is 16.0. The summed E-state index contributed by atoms with van der Waals surface area (Å²) >= 11 is 0. The maximum atomic E-state index is 13.3. The molecule has 0 saturated carbocycles. The normalized spacial score (nSPS) is 10.6. The highest BCUT2D eigenvalue weighted by molar-refractivity contribution is 5.38. The predicted molar refractivity (Wildman–Crippen MR) is 67.5 cm³/mol. The van der Waals surface area contributed by atoms with Crippen molar-refractivity contribution in [2.75, 3.05) is 0 Å². The summed E-state index contributed by atoms with van der Waals surface area (Å²) in [7, 11) is 0. The van der Waals surface area contributed by atoms with Crippen molar-refractivity contribution in [1.29, 1.82) is 5.26 Å². The van der Waals surface area contributed by atoms with Gasteiger partial charge in [-0.3, -0.25) is 4.98 Å². The van der Waals surface area contributed by atoms with Gasteiger partial charge in [0.25, 0.3) is 0 Å². The molecule has 7 heteroatoms. The lowest BCUT2D eigenvalue weighted by Crippen LogP contribution is -2.22. The zero-order valence-electron chi connectivity index (χ0n) is 10.2. The molecule has 1 aromatic carbocycles. The molecule has 6 nitrogen and oxygen atoms in total. The van der Waals surface area contributed by atoms with E-state index in [1.54, 1.807) is 0 Å². The van der Waals surface area contributed by atoms with Crippen molar-refractivity contribution in [3.8, 4) is 6.07 Å². The van der Waals surface area contributed by atoms with E-state index in [1.165, 1.54) is 45.9 Å². The molecule has 0 N–H and O–H groups in total. The second-order valence-electron chi connectivity index (χ2n) is 4.16. The summed E-state index contributed by atoms with van der Waals surface area (Å²) in [6.07, 6.45) is 4.43. The van der Waals surface area contributed by atoms with Crippen LogP contribution >= 0.6 is 0 Å². The first-order chi connectivity index (χ1) is 9.69. The van der Waals surface area contributed by atoms with Gasteiger partial charge in [0.1, 0.15) is 5.82 Å². The van der Waals surface area contributed by atoms with Gasteiger partial charge in [-0.25, -0.2) is 18.3 Å². The van der Waals surface area contributed by atoms with Crippen LogP contribution in [0.2, 0.25) is 0 Å². The number of rotatable bonds is 2. The van der Waals surface area contributed by atoms with E-state index in [1.807, 2.05) is 6.07 Å². The number of nitriles is 1. The fourth-order valence-electron chi connectivity index (χ4n) is 1.95. The molecule has 0 unspecified atom stereocenters. The van der Waals surface area contributed by atoms with E-state index >= 15 is 0 Å². The monoisotopic (exact) mass is 269 g/mol. The molecule has 2 aromatic heterocycles. The lowest BCUT2D eigenvalue weighted by Gasteiger charge is -2.03. The average Bonchev–Trinajstić information content (AvgIpc) is 2.76. The highest BCUT2D eigenvalue weighted by atomic mass is 19.1. The van der Waals surface area contributed by atoms with Crippen LogP contribution in [0.1, 0.15) is 11.1 Å². The minimum atomic E-state index is -0.461. The Morgan fingerprint density at radius 3 is 3.00 bits per heavy atom. The number of fused-ring (bicyclic) bond motifs is 1. The number of benzene rings is 1. The topological polar surface area (TPSA) is 76.0 Å². The molecule has 2 heterocycles. The van der Waals surface area contributed by atoms with Crippen molar-refractivity contribution < 1.29 is 4.39 Å². The first-order valence-electron chi connectivity index (χ1n) is 5.77. The van der Waals surface area contributed by atoms with Crippen LogP contribution in [0.5, 0.6) is 0 Å². The lowest BCUT2D eigenvalue weighted by atomic mass is 10.1. The smallest absolute Gasteiger partial charge is 0.259 e. The van der Waals surface area contributed by atoms with Crippen LogP contribution in [0.25, 0.3) is 5.65 Å². The second-order valence-corrected chi connectivity index (χ2v) is 4.16. The largest absolute Gasteiger partial charge is 0.350 e. The van der Waals surface area contributed by atoms with Gasteiger partial charge in [-0.2, -0.15) is 5.26 Å². The molecule has 0 spiro atoms. The van der Waals surface area contributed by atoms with Crippen LogP contribution in [0.15, 0.2) is 41.6 Å². The number of hydrogen-bond donors (Lipinski definition) is 0. The van der Waals surface area contributed by atoms with Crippen LogP contribution in [0, 0.1) is 17.1 Å². The third-order valence-corrected chi connectivity index (χ3v) is 2.90. The molecule has 3 rings (SSSR count). The molecule has 0 aliphatic carbocycles. The van der Waals surface area contributed by atoms with Gasteiger partial charge < -0.3 is 0 Å². The van der Waals surface area contributed by atoms with E-state index in [4.69, 9.17) is 5.26 Å². The van der Waals surface area contributed by atoms with Crippen LogP contribution in [-0.2, 0) is 6.54 Å². The van der Waals surface area contributed by atoms with Gasteiger partial charge in [-0.15, -0.1) is 5.10 Å². The maximum Gasteiger partial charge on any atom is 0.350 e. The SMILES string of the molecule is N#Cc1ccc(F)cc1Cn1nc2cnccn2c1=O. The molecule has 20 heavy (non-hydrogen) atoms. The molecular formula is C13H8FN5O. The van der Waals surface area contributed by atoms with Gasteiger partial charge in [0.05, 0.1) is 24.4 Å². The van der Waals surface area contributed by atoms with Crippen molar-refractivity contribution >= 4 is 5.65 Å². The van der Waals surface area contributed by atoms with Gasteiger partial charge in [0.2, 0.25) is 0 Å². The summed E-state index contributed by atoms with van der Waals surface area (Å²) in [5, 5.41) is 13.1. The third-order valence-electron chi connectivity index (χ3n) is 2.90. The van der Waals surface area contributed by atoms with Crippen LogP contribution < -0.4 is 5.69 Å². The minimum absolute atomic E-state index is 0.0289. The van der Waals surface area contributed by atoms with Crippen LogP contribution in [-0.4, -0.2) is 19.2 Å². The molecule has 3 aromatic rings. The highest BCUT2D eigenvalue weighted by Gasteiger charge is 2.10. The zero-order chi connectivity index (χ0) is 14.1. The van der Waals surface area contributed by atoms with E-state index < -0.39 is 5.82 Å². The Labute approximate surface area is 112 Å². The van der Waals surface area contributed by atoms with Gasteiger partial charge in [0, 0.05) is 12.4 Å². The van der Waals surface area contributed by atoms with Crippen LogP contribution in [0.4, 0.5) is 4.39 Å². The maximum absolute atomic E-state index is 13.3. The Hall–Kier alpha value is -3.01. The van der Waals surface area contributed by atoms with Crippen molar-refractivity contribution in [1.82, 2.24) is 19.2 Å². The molecule has 0 fully saturated rings. The fraction of sp³-hybridized carbons (Fsp3) is 0.0769. The highest BCUT2D eigenvalue weighted by Crippen LogP contribution is 2.11. The Bertz CT molecular complexity index is 890. The summed E-state index contributed by atoms with van der Waals surface area (Å²) in [6, 6.07) is 5.79. The molecule has 0 bridgehead atoms. The molecule has 98 valence electrons. The molecule has 0 aliphatic heterocycles. The Balaban J connectivity index is 2.10. The van der Waals surface area contributed by atoms with Crippen molar-refractivity contribution in [3.63, 3.8) is 0 Å². The Morgan fingerprint density at radius 1 is 1.40 bits per heavy atom. The van der Waals surface area contributed by atoms with Gasteiger partial charge in [-0.05, 0) is 23.8 Å². The number of halogens is 1. The van der Waals surface area contributed by atoms with Gasteiger partial charge >= 0.3 is 5.69 Å². The van der Waals surface area contributed by atoms with E-state index in [9.17, 15) is 9.18 Å². The number of aromatic nitrogens is 4. The van der Waals surface area contributed by atoms with Crippen molar-refractivity contribution in [2.45, 2.75) is 6.54 Å². The molecule has 0 atom stereocenters. The fourth-order valence-corrected chi connectivity index (χ4v) is 1.95. The standard InChI is InChI=1S/C13H8FN5O/c14-11-2-1-9(6-15)10(5-11)8-19-13(20)18-4-3-16-7-12(18)17-19/h1-5,7H,8H2. The lowest BCUT2D eigenvalue weighted by molar-refractivity contribution is 0.615. The van der Waals surface area contributed by atoms with Gasteiger partial charge in [-0.1, -0.05) is 0 Å². The predicted octanol–water partition coefficient (Wildman–Crippen LogP) is 0.950. The Kier molecular flexibility index (Phi) is 2.76. The summed E-state index contributed by atoms with van der Waals surface area (Å²) in [6.45, 7) is 0.0289. The molecule has 0 aliphatic rings. The molecule has 0 radical (unpaired) electrons. The quantitative estimate of drug-likeness (QED) is 0.694. The first kappa shape index (κ1) is 12.0. The second kappa shape index (κ2) is 4.59. The third kappa shape index (κ3) is 1.93. The first-order valence-corrected chi connectivity index (χ1v) is 5.77. The number of hydrogen-bond acceptors (Lipinski definition) is 4. The van der Waals surface area contributed by atoms with Crippen molar-refractivity contribution in [3.05, 3.63) is 64.2 Å². The molecular weight excluding hydrogens is 261 g/mol. The Morgan fingerprint density at radius 2 is 2.25 bits per heavy atom. The van der Waals surface area contributed by atoms with E-state index in [0.717, 1.165) is 0 Å². The van der Waals surface area contributed by atoms with Crippen LogP contribution in [0.3, 0.4) is 0 Å². The van der Waals surface area contributed by atoms with E-state index in [0.29, 0.717) is 16.8 Å². The summed E-state index contributed by atoms with van der Waals surface area (Å²) in [5.74, 6) is -0.461. The van der Waals surface area contributed by atoms with Crippen molar-refractivity contribution in [2.24, 2.45) is 0 Å². The summed E-state index contributed by atoms with van der Waals surface area (Å²) < 4.78 is 15.8. The average molecular weight is 269 g/mol. The van der Waals surface area contributed by atoms with E-state index in [-0.39, 0.29) is 12.2 Å².